The molecule has 0 radical (unpaired) electrons. The van der Waals surface area contributed by atoms with Gasteiger partial charge in [0.1, 0.15) is 0 Å². The smallest absolute Gasteiger partial charge is 0.258 e. The van der Waals surface area contributed by atoms with Gasteiger partial charge in [-0.3, -0.25) is 10.1 Å². The third-order valence-corrected chi connectivity index (χ3v) is 2.44. The van der Waals surface area contributed by atoms with Crippen LogP contribution in [0.5, 0.6) is 0 Å². The normalized spacial score (nSPS) is 10.5. The molecule has 1 aromatic carbocycles. The lowest BCUT2D eigenvalue weighted by Crippen LogP contribution is -1.90. The van der Waals surface area contributed by atoms with Gasteiger partial charge in [-0.1, -0.05) is 23.2 Å². The van der Waals surface area contributed by atoms with E-state index in [0.717, 1.165) is 0 Å². The molecule has 0 bridgehead atoms. The van der Waals surface area contributed by atoms with Crippen LogP contribution in [-0.4, -0.2) is 15.1 Å². The fourth-order valence-corrected chi connectivity index (χ4v) is 1.59. The third-order valence-electron chi connectivity index (χ3n) is 1.88. The number of non-ortho nitro benzene ring substituents is 1. The molecule has 0 unspecified atom stereocenters. The predicted molar refractivity (Wildman–Crippen MR) is 56.2 cm³/mol. The van der Waals surface area contributed by atoms with Crippen molar-refractivity contribution in [2.75, 3.05) is 0 Å². The van der Waals surface area contributed by atoms with Gasteiger partial charge in [0.05, 0.1) is 4.92 Å². The van der Waals surface area contributed by atoms with Gasteiger partial charge in [0.2, 0.25) is 0 Å². The average Bonchev–Trinajstić information content (AvgIpc) is 2.23. The van der Waals surface area contributed by atoms with E-state index in [1.54, 1.807) is 0 Å². The first-order valence-electron chi connectivity index (χ1n) is 3.85. The van der Waals surface area contributed by atoms with E-state index in [1.807, 2.05) is 0 Å². The van der Waals surface area contributed by atoms with Gasteiger partial charge in [0, 0.05) is 22.9 Å². The number of aromatic nitrogens is 2. The molecule has 0 aliphatic carbocycles. The summed E-state index contributed by atoms with van der Waals surface area (Å²) < 4.78 is 0. The molecule has 2 aromatic rings. The van der Waals surface area contributed by atoms with E-state index in [1.165, 1.54) is 18.2 Å². The maximum atomic E-state index is 10.5. The molecule has 76 valence electrons. The molecule has 0 atom stereocenters. The summed E-state index contributed by atoms with van der Waals surface area (Å²) in [6.45, 7) is 0. The maximum absolute atomic E-state index is 10.5. The highest BCUT2D eigenvalue weighted by molar-refractivity contribution is 6.38. The molecule has 0 aliphatic rings. The standard InChI is InChI=1S/C8H3Cl2N3O2/c9-7-5-2-1-4(13(14)15)3-6(5)8(10)12-11-7/h1-3H. The second-order valence-corrected chi connectivity index (χ2v) is 3.48. The Balaban J connectivity index is 2.81. The molecule has 0 fully saturated rings. The zero-order chi connectivity index (χ0) is 11.0. The third kappa shape index (κ3) is 1.71. The number of nitro groups is 1. The highest BCUT2D eigenvalue weighted by atomic mass is 35.5. The molecule has 0 N–H and O–H groups in total. The zero-order valence-electron chi connectivity index (χ0n) is 7.15. The molecule has 0 spiro atoms. The number of benzene rings is 1. The van der Waals surface area contributed by atoms with Crippen molar-refractivity contribution in [1.82, 2.24) is 10.2 Å². The Morgan fingerprint density at radius 3 is 2.33 bits per heavy atom. The van der Waals surface area contributed by atoms with Gasteiger partial charge in [-0.05, 0) is 6.07 Å². The summed E-state index contributed by atoms with van der Waals surface area (Å²) in [7, 11) is 0. The number of nitro benzene ring substituents is 1. The van der Waals surface area contributed by atoms with Crippen LogP contribution in [0, 0.1) is 10.1 Å². The Hall–Kier alpha value is -1.46. The van der Waals surface area contributed by atoms with E-state index in [-0.39, 0.29) is 16.0 Å². The van der Waals surface area contributed by atoms with Crippen molar-refractivity contribution in [2.45, 2.75) is 0 Å². The maximum Gasteiger partial charge on any atom is 0.270 e. The first-order valence-corrected chi connectivity index (χ1v) is 4.61. The number of hydrogen-bond acceptors (Lipinski definition) is 4. The summed E-state index contributed by atoms with van der Waals surface area (Å²) in [5.41, 5.74) is -0.0616. The van der Waals surface area contributed by atoms with E-state index >= 15 is 0 Å². The van der Waals surface area contributed by atoms with Crippen LogP contribution in [0.2, 0.25) is 10.3 Å². The SMILES string of the molecule is O=[N+]([O-])c1ccc2c(Cl)nnc(Cl)c2c1. The van der Waals surface area contributed by atoms with Crippen molar-refractivity contribution in [3.63, 3.8) is 0 Å². The summed E-state index contributed by atoms with van der Waals surface area (Å²) >= 11 is 11.5. The molecule has 1 heterocycles. The summed E-state index contributed by atoms with van der Waals surface area (Å²) in [4.78, 5) is 10.0. The number of hydrogen-bond donors (Lipinski definition) is 0. The van der Waals surface area contributed by atoms with Crippen molar-refractivity contribution in [3.8, 4) is 0 Å². The Morgan fingerprint density at radius 2 is 1.73 bits per heavy atom. The summed E-state index contributed by atoms with van der Waals surface area (Å²) in [6, 6.07) is 4.15. The quantitative estimate of drug-likeness (QED) is 0.571. The van der Waals surface area contributed by atoms with Crippen molar-refractivity contribution in [3.05, 3.63) is 38.6 Å². The van der Waals surface area contributed by atoms with E-state index < -0.39 is 4.92 Å². The fourth-order valence-electron chi connectivity index (χ4n) is 1.19. The van der Waals surface area contributed by atoms with Crippen LogP contribution in [-0.2, 0) is 0 Å². The summed E-state index contributed by atoms with van der Waals surface area (Å²) in [6.07, 6.45) is 0. The number of nitrogens with zero attached hydrogens (tertiary/aromatic N) is 3. The van der Waals surface area contributed by atoms with E-state index in [4.69, 9.17) is 23.2 Å². The topological polar surface area (TPSA) is 68.9 Å². The van der Waals surface area contributed by atoms with E-state index in [2.05, 4.69) is 10.2 Å². The van der Waals surface area contributed by atoms with Gasteiger partial charge >= 0.3 is 0 Å². The van der Waals surface area contributed by atoms with Gasteiger partial charge in [-0.2, -0.15) is 0 Å². The van der Waals surface area contributed by atoms with Crippen molar-refractivity contribution in [1.29, 1.82) is 0 Å². The van der Waals surface area contributed by atoms with Gasteiger partial charge < -0.3 is 0 Å². The molecule has 2 rings (SSSR count). The lowest BCUT2D eigenvalue weighted by atomic mass is 10.2. The molecule has 0 amide bonds. The van der Waals surface area contributed by atoms with Gasteiger partial charge in [-0.15, -0.1) is 10.2 Å². The Morgan fingerprint density at radius 1 is 1.13 bits per heavy atom. The van der Waals surface area contributed by atoms with Crippen LogP contribution in [0.4, 0.5) is 5.69 Å². The van der Waals surface area contributed by atoms with Gasteiger partial charge in [-0.25, -0.2) is 0 Å². The molecule has 15 heavy (non-hydrogen) atoms. The molecule has 0 aliphatic heterocycles. The average molecular weight is 244 g/mol. The van der Waals surface area contributed by atoms with Crippen LogP contribution in [0.3, 0.4) is 0 Å². The minimum atomic E-state index is -0.510. The van der Waals surface area contributed by atoms with Gasteiger partial charge in [0.15, 0.2) is 10.3 Å². The van der Waals surface area contributed by atoms with E-state index in [9.17, 15) is 10.1 Å². The number of halogens is 2. The molecular formula is C8H3Cl2N3O2. The first-order chi connectivity index (χ1) is 7.09. The molecule has 1 aromatic heterocycles. The molecule has 7 heteroatoms. The lowest BCUT2D eigenvalue weighted by molar-refractivity contribution is -0.384. The summed E-state index contributed by atoms with van der Waals surface area (Å²) in [5, 5.41) is 18.9. The minimum Gasteiger partial charge on any atom is -0.258 e. The molecule has 5 nitrogen and oxygen atoms in total. The number of fused-ring (bicyclic) bond motifs is 1. The summed E-state index contributed by atoms with van der Waals surface area (Å²) in [5.74, 6) is 0. The highest BCUT2D eigenvalue weighted by Crippen LogP contribution is 2.28. The van der Waals surface area contributed by atoms with Gasteiger partial charge in [0.25, 0.3) is 5.69 Å². The number of rotatable bonds is 1. The van der Waals surface area contributed by atoms with E-state index in [0.29, 0.717) is 10.8 Å². The zero-order valence-corrected chi connectivity index (χ0v) is 8.66. The van der Waals surface area contributed by atoms with Crippen LogP contribution >= 0.6 is 23.2 Å². The molecule has 0 saturated heterocycles. The Labute approximate surface area is 93.8 Å². The van der Waals surface area contributed by atoms with Crippen LogP contribution in [0.15, 0.2) is 18.2 Å². The Kier molecular flexibility index (Phi) is 2.42. The monoisotopic (exact) mass is 243 g/mol. The fraction of sp³-hybridized carbons (Fsp3) is 0. The highest BCUT2D eigenvalue weighted by Gasteiger charge is 2.11. The van der Waals surface area contributed by atoms with Crippen LogP contribution in [0.25, 0.3) is 10.8 Å². The molecule has 0 saturated carbocycles. The molecular weight excluding hydrogens is 241 g/mol. The largest absolute Gasteiger partial charge is 0.270 e. The predicted octanol–water partition coefficient (Wildman–Crippen LogP) is 2.84. The second kappa shape index (κ2) is 3.60. The van der Waals surface area contributed by atoms with Crippen molar-refractivity contribution in [2.24, 2.45) is 0 Å². The second-order valence-electron chi connectivity index (χ2n) is 2.77. The van der Waals surface area contributed by atoms with Crippen molar-refractivity contribution < 1.29 is 4.92 Å². The Bertz CT molecular complexity index is 559. The van der Waals surface area contributed by atoms with Crippen molar-refractivity contribution >= 4 is 39.7 Å². The van der Waals surface area contributed by atoms with Crippen LogP contribution < -0.4 is 0 Å². The first kappa shape index (κ1) is 10.1. The van der Waals surface area contributed by atoms with Crippen LogP contribution in [0.1, 0.15) is 0 Å². The minimum absolute atomic E-state index is 0.0616. The lowest BCUT2D eigenvalue weighted by Gasteiger charge is -2.00.